The van der Waals surface area contributed by atoms with Gasteiger partial charge in [-0.2, -0.15) is 0 Å². The largest absolute Gasteiger partial charge is 0.544 e. The number of likely N-dealkylation sites (N-methyl/N-ethyl adjacent to an activating group) is 1. The molecule has 0 aromatic heterocycles. The number of aliphatic carboxylic acids is 1. The van der Waals surface area contributed by atoms with Crippen LogP contribution in [-0.4, -0.2) is 75.5 Å². The standard InChI is InChI=1S/C45H85NO7/c1-6-8-10-12-14-16-18-20-21-22-24-26-28-30-32-34-36-44(48)53-41(39-51-38-37-42(45(49)50)46(3,4)5)40-52-43(47)35-33-31-29-27-25-23-19-17-15-13-11-9-7-2/h23,25,41-42H,6-22,24,26-40H2,1-5H3/b25-23+. The SMILES string of the molecule is CCCCCCCC/C=C/CCCCCC(=O)OCC(COCCC(C(=O)[O-])[N+](C)(C)C)OC(=O)CCCCCCCCCCCCCCCCCC. The van der Waals surface area contributed by atoms with Gasteiger partial charge in [-0.1, -0.05) is 161 Å². The van der Waals surface area contributed by atoms with Crippen molar-refractivity contribution < 1.29 is 38.2 Å². The van der Waals surface area contributed by atoms with Crippen LogP contribution in [-0.2, 0) is 28.6 Å². The predicted molar refractivity (Wildman–Crippen MR) is 217 cm³/mol. The molecular formula is C45H85NO7. The van der Waals surface area contributed by atoms with Crippen molar-refractivity contribution in [3.05, 3.63) is 12.2 Å². The van der Waals surface area contributed by atoms with Crippen LogP contribution in [0.15, 0.2) is 12.2 Å². The van der Waals surface area contributed by atoms with Crippen LogP contribution in [0.25, 0.3) is 0 Å². The molecule has 0 fully saturated rings. The summed E-state index contributed by atoms with van der Waals surface area (Å²) in [6, 6.07) is -0.723. The molecule has 0 aromatic rings. The van der Waals surface area contributed by atoms with Gasteiger partial charge in [-0.05, 0) is 38.5 Å². The van der Waals surface area contributed by atoms with E-state index in [1.54, 1.807) is 21.1 Å². The number of carboxylic acids is 1. The first kappa shape index (κ1) is 51.1. The average Bonchev–Trinajstić information content (AvgIpc) is 3.11. The Labute approximate surface area is 327 Å². The smallest absolute Gasteiger partial charge is 0.306 e. The molecule has 0 radical (unpaired) electrons. The Balaban J connectivity index is 4.33. The van der Waals surface area contributed by atoms with Crippen LogP contribution in [0.2, 0.25) is 0 Å². The van der Waals surface area contributed by atoms with Crippen molar-refractivity contribution in [3.8, 4) is 0 Å². The average molecular weight is 752 g/mol. The third-order valence-corrected chi connectivity index (χ3v) is 10.2. The molecular weight excluding hydrogens is 666 g/mol. The summed E-state index contributed by atoms with van der Waals surface area (Å²) in [6.45, 7) is 4.66. The van der Waals surface area contributed by atoms with Gasteiger partial charge in [0.15, 0.2) is 6.10 Å². The number of esters is 2. The molecule has 8 heteroatoms. The second kappa shape index (κ2) is 37.0. The second-order valence-corrected chi connectivity index (χ2v) is 16.3. The highest BCUT2D eigenvalue weighted by Crippen LogP contribution is 2.15. The van der Waals surface area contributed by atoms with Crippen molar-refractivity contribution in [2.24, 2.45) is 0 Å². The number of unbranched alkanes of at least 4 members (excludes halogenated alkanes) is 24. The summed E-state index contributed by atoms with van der Waals surface area (Å²) in [5, 5.41) is 11.6. The number of carboxylic acid groups (broad SMARTS) is 1. The molecule has 0 rings (SSSR count). The molecule has 312 valence electrons. The van der Waals surface area contributed by atoms with Crippen molar-refractivity contribution in [2.75, 3.05) is 41.0 Å². The number of allylic oxidation sites excluding steroid dienone is 2. The van der Waals surface area contributed by atoms with Crippen molar-refractivity contribution in [2.45, 2.75) is 219 Å². The summed E-state index contributed by atoms with van der Waals surface area (Å²) in [6.07, 6.45) is 38.0. The number of nitrogens with zero attached hydrogens (tertiary/aromatic N) is 1. The molecule has 0 aliphatic heterocycles. The summed E-state index contributed by atoms with van der Waals surface area (Å²) in [4.78, 5) is 36.8. The molecule has 0 aliphatic carbocycles. The number of carbonyl (C=O) groups excluding carboxylic acids is 3. The van der Waals surface area contributed by atoms with Gasteiger partial charge in [0.05, 0.1) is 40.3 Å². The van der Waals surface area contributed by atoms with Crippen LogP contribution in [0.4, 0.5) is 0 Å². The topological polar surface area (TPSA) is 102 Å². The first-order valence-corrected chi connectivity index (χ1v) is 22.2. The summed E-state index contributed by atoms with van der Waals surface area (Å²) in [5.74, 6) is -1.74. The van der Waals surface area contributed by atoms with Gasteiger partial charge in [0.2, 0.25) is 0 Å². The molecule has 0 aromatic carbocycles. The van der Waals surface area contributed by atoms with Crippen molar-refractivity contribution >= 4 is 17.9 Å². The van der Waals surface area contributed by atoms with Gasteiger partial charge in [0.1, 0.15) is 12.6 Å². The maximum atomic E-state index is 12.7. The lowest BCUT2D eigenvalue weighted by molar-refractivity contribution is -0.889. The van der Waals surface area contributed by atoms with E-state index in [9.17, 15) is 19.5 Å². The maximum Gasteiger partial charge on any atom is 0.306 e. The Morgan fingerprint density at radius 3 is 1.38 bits per heavy atom. The van der Waals surface area contributed by atoms with Crippen molar-refractivity contribution in [1.29, 1.82) is 0 Å². The van der Waals surface area contributed by atoms with Crippen LogP contribution >= 0.6 is 0 Å². The van der Waals surface area contributed by atoms with E-state index in [4.69, 9.17) is 14.2 Å². The summed E-state index contributed by atoms with van der Waals surface area (Å²) in [7, 11) is 5.41. The molecule has 0 saturated carbocycles. The third kappa shape index (κ3) is 35.5. The molecule has 0 bridgehead atoms. The lowest BCUT2D eigenvalue weighted by atomic mass is 10.0. The predicted octanol–water partition coefficient (Wildman–Crippen LogP) is 10.6. The Morgan fingerprint density at radius 2 is 0.943 bits per heavy atom. The zero-order chi connectivity index (χ0) is 39.3. The van der Waals surface area contributed by atoms with Crippen LogP contribution in [0.1, 0.15) is 206 Å². The van der Waals surface area contributed by atoms with E-state index >= 15 is 0 Å². The van der Waals surface area contributed by atoms with E-state index in [-0.39, 0.29) is 42.7 Å². The fourth-order valence-electron chi connectivity index (χ4n) is 6.65. The Morgan fingerprint density at radius 1 is 0.547 bits per heavy atom. The van der Waals surface area contributed by atoms with Gasteiger partial charge < -0.3 is 28.6 Å². The highest BCUT2D eigenvalue weighted by atomic mass is 16.6. The minimum atomic E-state index is -1.12. The number of carbonyl (C=O) groups is 3. The molecule has 8 nitrogen and oxygen atoms in total. The molecule has 0 N–H and O–H groups in total. The molecule has 0 amide bonds. The molecule has 0 spiro atoms. The number of hydrogen-bond acceptors (Lipinski definition) is 7. The summed E-state index contributed by atoms with van der Waals surface area (Å²) in [5.41, 5.74) is 0. The lowest BCUT2D eigenvalue weighted by Gasteiger charge is -2.34. The molecule has 0 heterocycles. The lowest BCUT2D eigenvalue weighted by Crippen LogP contribution is -2.55. The molecule has 53 heavy (non-hydrogen) atoms. The normalized spacial score (nSPS) is 13.0. The summed E-state index contributed by atoms with van der Waals surface area (Å²) < 4.78 is 17.2. The zero-order valence-corrected chi connectivity index (χ0v) is 35.4. The zero-order valence-electron chi connectivity index (χ0n) is 35.4. The van der Waals surface area contributed by atoms with Crippen molar-refractivity contribution in [1.82, 2.24) is 0 Å². The highest BCUT2D eigenvalue weighted by Gasteiger charge is 2.25. The van der Waals surface area contributed by atoms with E-state index in [0.717, 1.165) is 51.4 Å². The summed E-state index contributed by atoms with van der Waals surface area (Å²) >= 11 is 0. The monoisotopic (exact) mass is 752 g/mol. The second-order valence-electron chi connectivity index (χ2n) is 16.3. The van der Waals surface area contributed by atoms with E-state index in [1.165, 1.54) is 122 Å². The fourth-order valence-corrected chi connectivity index (χ4v) is 6.65. The maximum absolute atomic E-state index is 12.7. The molecule has 0 aliphatic rings. The number of hydrogen-bond donors (Lipinski definition) is 0. The first-order valence-electron chi connectivity index (χ1n) is 22.2. The Bertz CT molecular complexity index is 885. The molecule has 0 saturated heterocycles. The number of quaternary nitrogens is 1. The third-order valence-electron chi connectivity index (χ3n) is 10.2. The molecule has 2 unspecified atom stereocenters. The number of ether oxygens (including phenoxy) is 3. The Kier molecular flexibility index (Phi) is 35.7. The quantitative estimate of drug-likeness (QED) is 0.0266. The van der Waals surface area contributed by atoms with Gasteiger partial charge >= 0.3 is 11.9 Å². The van der Waals surface area contributed by atoms with Gasteiger partial charge in [-0.25, -0.2) is 0 Å². The van der Waals surface area contributed by atoms with E-state index in [2.05, 4.69) is 26.0 Å². The van der Waals surface area contributed by atoms with E-state index in [0.29, 0.717) is 12.8 Å². The van der Waals surface area contributed by atoms with Crippen LogP contribution in [0, 0.1) is 0 Å². The fraction of sp³-hybridized carbons (Fsp3) is 0.889. The highest BCUT2D eigenvalue weighted by molar-refractivity contribution is 5.70. The van der Waals surface area contributed by atoms with Crippen molar-refractivity contribution in [3.63, 3.8) is 0 Å². The first-order chi connectivity index (χ1) is 25.6. The van der Waals surface area contributed by atoms with E-state index < -0.39 is 18.1 Å². The van der Waals surface area contributed by atoms with Gasteiger partial charge in [0, 0.05) is 19.3 Å². The number of rotatable bonds is 40. The van der Waals surface area contributed by atoms with Crippen LogP contribution in [0.3, 0.4) is 0 Å². The Hall–Kier alpha value is -1.93. The molecule has 2 atom stereocenters. The van der Waals surface area contributed by atoms with Gasteiger partial charge in [-0.3, -0.25) is 9.59 Å². The van der Waals surface area contributed by atoms with E-state index in [1.807, 2.05) is 0 Å². The van der Waals surface area contributed by atoms with Gasteiger partial charge in [0.25, 0.3) is 0 Å². The van der Waals surface area contributed by atoms with Gasteiger partial charge in [-0.15, -0.1) is 0 Å². The van der Waals surface area contributed by atoms with Crippen LogP contribution in [0.5, 0.6) is 0 Å². The van der Waals surface area contributed by atoms with Crippen LogP contribution < -0.4 is 5.11 Å². The minimum absolute atomic E-state index is 0.0416. The minimum Gasteiger partial charge on any atom is -0.544 e.